The first-order valence-corrected chi connectivity index (χ1v) is 8.86. The number of ether oxygens (including phenoxy) is 1. The Balaban J connectivity index is 1.82. The molecule has 130 valence electrons. The van der Waals surface area contributed by atoms with Gasteiger partial charge in [0.25, 0.3) is 11.1 Å². The molecule has 0 N–H and O–H groups in total. The molecule has 0 atom stereocenters. The van der Waals surface area contributed by atoms with Gasteiger partial charge in [0.15, 0.2) is 0 Å². The number of thioether (sulfide) groups is 1. The summed E-state index contributed by atoms with van der Waals surface area (Å²) in [6, 6.07) is 8.55. The molecule has 25 heavy (non-hydrogen) atoms. The lowest BCUT2D eigenvalue weighted by atomic mass is 10.2. The highest BCUT2D eigenvalue weighted by Crippen LogP contribution is 2.35. The number of halogens is 2. The summed E-state index contributed by atoms with van der Waals surface area (Å²) in [5, 5.41) is 0.680. The second kappa shape index (κ2) is 7.66. The topological polar surface area (TPSA) is 59.8 Å². The molecule has 0 unspecified atom stereocenters. The van der Waals surface area contributed by atoms with Crippen molar-refractivity contribution in [3.63, 3.8) is 0 Å². The van der Waals surface area contributed by atoms with Crippen molar-refractivity contribution in [2.45, 2.75) is 0 Å². The van der Waals surface area contributed by atoms with Crippen molar-refractivity contribution in [3.05, 3.63) is 51.0 Å². The van der Waals surface area contributed by atoms with E-state index in [1.165, 1.54) is 7.11 Å². The van der Waals surface area contributed by atoms with Crippen LogP contribution in [-0.4, -0.2) is 36.3 Å². The first kappa shape index (κ1) is 18.1. The first-order chi connectivity index (χ1) is 12.0. The summed E-state index contributed by atoms with van der Waals surface area (Å²) >= 11 is 12.9. The lowest BCUT2D eigenvalue weighted by Crippen LogP contribution is -2.31. The molecule has 1 aliphatic heterocycles. The van der Waals surface area contributed by atoms with E-state index in [2.05, 4.69) is 0 Å². The monoisotopic (exact) mass is 397 g/mol. The van der Waals surface area contributed by atoms with E-state index in [4.69, 9.17) is 32.4 Å². The van der Waals surface area contributed by atoms with E-state index in [-0.39, 0.29) is 17.7 Å². The van der Waals surface area contributed by atoms with E-state index in [1.54, 1.807) is 36.4 Å². The molecule has 0 saturated carbocycles. The number of nitrogens with zero attached hydrogens (tertiary/aromatic N) is 1. The standard InChI is InChI=1S/C17H13Cl2NO4S/c1-23-7-6-20-16(21)15(25-17(20)22)9-11-3-5-14(24-11)12-4-2-10(18)8-13(12)19/h2-5,8-9H,6-7H2,1H3/b15-9-. The second-order valence-corrected chi connectivity index (χ2v) is 6.99. The molecule has 1 fully saturated rings. The molecule has 0 spiro atoms. The zero-order valence-electron chi connectivity index (χ0n) is 13.1. The lowest BCUT2D eigenvalue weighted by molar-refractivity contribution is -0.123. The summed E-state index contributed by atoms with van der Waals surface area (Å²) in [5.41, 5.74) is 0.693. The van der Waals surface area contributed by atoms with Gasteiger partial charge >= 0.3 is 0 Å². The number of hydrogen-bond donors (Lipinski definition) is 0. The van der Waals surface area contributed by atoms with Gasteiger partial charge in [-0.3, -0.25) is 14.5 Å². The highest BCUT2D eigenvalue weighted by atomic mass is 35.5. The van der Waals surface area contributed by atoms with Gasteiger partial charge in [-0.15, -0.1) is 0 Å². The third-order valence-electron chi connectivity index (χ3n) is 3.49. The smallest absolute Gasteiger partial charge is 0.293 e. The Labute approximate surface area is 158 Å². The summed E-state index contributed by atoms with van der Waals surface area (Å²) in [4.78, 5) is 25.6. The Kier molecular flexibility index (Phi) is 5.54. The lowest BCUT2D eigenvalue weighted by Gasteiger charge is -2.10. The van der Waals surface area contributed by atoms with E-state index >= 15 is 0 Å². The number of hydrogen-bond acceptors (Lipinski definition) is 5. The minimum Gasteiger partial charge on any atom is -0.457 e. The second-order valence-electron chi connectivity index (χ2n) is 5.15. The number of rotatable bonds is 5. The van der Waals surface area contributed by atoms with E-state index in [1.807, 2.05) is 0 Å². The maximum atomic E-state index is 12.3. The van der Waals surface area contributed by atoms with Crippen LogP contribution in [0.3, 0.4) is 0 Å². The first-order valence-electron chi connectivity index (χ1n) is 7.29. The van der Waals surface area contributed by atoms with Gasteiger partial charge in [-0.05, 0) is 42.1 Å². The van der Waals surface area contributed by atoms with Crippen molar-refractivity contribution in [2.75, 3.05) is 20.3 Å². The van der Waals surface area contributed by atoms with Crippen molar-refractivity contribution in [1.82, 2.24) is 4.90 Å². The number of furan rings is 1. The molecule has 1 aliphatic rings. The van der Waals surface area contributed by atoms with E-state index < -0.39 is 0 Å². The fourth-order valence-corrected chi connectivity index (χ4v) is 3.62. The summed E-state index contributed by atoms with van der Waals surface area (Å²) in [5.74, 6) is 0.652. The SMILES string of the molecule is COCCN1C(=O)S/C(=C\c2ccc(-c3ccc(Cl)cc3Cl)o2)C1=O. The van der Waals surface area contributed by atoms with Crippen LogP contribution in [0.1, 0.15) is 5.76 Å². The Hall–Kier alpha value is -1.73. The number of methoxy groups -OCH3 is 1. The van der Waals surface area contributed by atoms with Crippen molar-refractivity contribution in [1.29, 1.82) is 0 Å². The van der Waals surface area contributed by atoms with Crippen molar-refractivity contribution in [2.24, 2.45) is 0 Å². The summed E-state index contributed by atoms with van der Waals surface area (Å²) in [7, 11) is 1.52. The molecule has 1 saturated heterocycles. The van der Waals surface area contributed by atoms with Crippen molar-refractivity contribution in [3.8, 4) is 11.3 Å². The molecule has 2 heterocycles. The minimum absolute atomic E-state index is 0.224. The van der Waals surface area contributed by atoms with E-state index in [0.717, 1.165) is 16.7 Å². The highest BCUT2D eigenvalue weighted by Gasteiger charge is 2.34. The van der Waals surface area contributed by atoms with Crippen molar-refractivity contribution < 1.29 is 18.7 Å². The average molecular weight is 398 g/mol. The van der Waals surface area contributed by atoms with Crippen LogP contribution in [0.5, 0.6) is 0 Å². The molecule has 8 heteroatoms. The van der Waals surface area contributed by atoms with Crippen LogP contribution < -0.4 is 0 Å². The maximum absolute atomic E-state index is 12.3. The largest absolute Gasteiger partial charge is 0.457 e. The Morgan fingerprint density at radius 3 is 2.76 bits per heavy atom. The van der Waals surface area contributed by atoms with Gasteiger partial charge in [0.05, 0.1) is 23.1 Å². The van der Waals surface area contributed by atoms with Crippen LogP contribution in [0.2, 0.25) is 10.0 Å². The van der Waals surface area contributed by atoms with Crippen LogP contribution in [0.15, 0.2) is 39.7 Å². The van der Waals surface area contributed by atoms with Crippen LogP contribution in [0, 0.1) is 0 Å². The molecule has 3 rings (SSSR count). The number of imide groups is 1. The Morgan fingerprint density at radius 2 is 2.04 bits per heavy atom. The normalized spacial score (nSPS) is 16.3. The maximum Gasteiger partial charge on any atom is 0.293 e. The average Bonchev–Trinajstić information content (AvgIpc) is 3.12. The summed E-state index contributed by atoms with van der Waals surface area (Å²) in [6.45, 7) is 0.521. The molecule has 0 bridgehead atoms. The molecule has 0 aliphatic carbocycles. The minimum atomic E-state index is -0.352. The molecule has 5 nitrogen and oxygen atoms in total. The zero-order chi connectivity index (χ0) is 18.0. The molecule has 2 amide bonds. The predicted molar refractivity (Wildman–Crippen MR) is 98.7 cm³/mol. The number of amides is 2. The molecular weight excluding hydrogens is 385 g/mol. The van der Waals surface area contributed by atoms with Gasteiger partial charge in [0, 0.05) is 23.8 Å². The van der Waals surface area contributed by atoms with Gasteiger partial charge in [-0.25, -0.2) is 0 Å². The number of carbonyl (C=O) groups is 2. The summed E-state index contributed by atoms with van der Waals surface area (Å²) < 4.78 is 10.6. The number of benzene rings is 1. The molecule has 2 aromatic rings. The molecule has 1 aromatic heterocycles. The van der Waals surface area contributed by atoms with Crippen molar-refractivity contribution >= 4 is 52.2 Å². The Bertz CT molecular complexity index is 862. The van der Waals surface area contributed by atoms with E-state index in [9.17, 15) is 9.59 Å². The van der Waals surface area contributed by atoms with Gasteiger partial charge < -0.3 is 9.15 Å². The van der Waals surface area contributed by atoms with Gasteiger partial charge in [-0.1, -0.05) is 23.2 Å². The fraction of sp³-hybridized carbons (Fsp3) is 0.176. The third kappa shape index (κ3) is 3.93. The van der Waals surface area contributed by atoms with E-state index in [0.29, 0.717) is 38.6 Å². The van der Waals surface area contributed by atoms with Crippen LogP contribution in [-0.2, 0) is 9.53 Å². The van der Waals surface area contributed by atoms with Crippen LogP contribution >= 0.6 is 35.0 Å². The quantitative estimate of drug-likeness (QED) is 0.668. The van der Waals surface area contributed by atoms with Crippen LogP contribution in [0.4, 0.5) is 4.79 Å². The summed E-state index contributed by atoms with van der Waals surface area (Å²) in [6.07, 6.45) is 1.55. The zero-order valence-corrected chi connectivity index (χ0v) is 15.5. The highest BCUT2D eigenvalue weighted by molar-refractivity contribution is 8.18. The Morgan fingerprint density at radius 1 is 1.24 bits per heavy atom. The van der Waals surface area contributed by atoms with Gasteiger partial charge in [0.2, 0.25) is 0 Å². The van der Waals surface area contributed by atoms with Gasteiger partial charge in [0.1, 0.15) is 11.5 Å². The molecule has 1 aromatic carbocycles. The third-order valence-corrected chi connectivity index (χ3v) is 4.94. The van der Waals surface area contributed by atoms with Gasteiger partial charge in [-0.2, -0.15) is 0 Å². The van der Waals surface area contributed by atoms with Crippen LogP contribution in [0.25, 0.3) is 17.4 Å². The molecular formula is C17H13Cl2NO4S. The predicted octanol–water partition coefficient (Wildman–Crippen LogP) is 4.94. The number of carbonyl (C=O) groups excluding carboxylic acids is 2. The fourth-order valence-electron chi connectivity index (χ4n) is 2.27. The molecule has 0 radical (unpaired) electrons.